The molecule has 0 unspecified atom stereocenters. The fourth-order valence-electron chi connectivity index (χ4n) is 4.07. The third-order valence-corrected chi connectivity index (χ3v) is 5.70. The van der Waals surface area contributed by atoms with Gasteiger partial charge in [0.25, 0.3) is 0 Å². The van der Waals surface area contributed by atoms with Crippen LogP contribution in [0.25, 0.3) is 22.2 Å². The maximum atomic E-state index is 13.6. The fourth-order valence-corrected chi connectivity index (χ4v) is 4.07. The first-order valence-corrected chi connectivity index (χ1v) is 11.6. The maximum Gasteiger partial charge on any atom is 0.418 e. The maximum absolute atomic E-state index is 13.6. The third-order valence-electron chi connectivity index (χ3n) is 5.70. The third kappa shape index (κ3) is 6.14. The van der Waals surface area contributed by atoms with E-state index in [1.54, 1.807) is 18.2 Å². The Morgan fingerprint density at radius 1 is 0.971 bits per heavy atom. The Morgan fingerprint density at radius 2 is 1.77 bits per heavy atom. The van der Waals surface area contributed by atoms with Crippen molar-refractivity contribution in [3.8, 4) is 11.3 Å². The molecule has 35 heavy (non-hydrogen) atoms. The number of halogens is 3. The number of rotatable bonds is 9. The fraction of sp³-hybridized carbons (Fsp3) is 0.296. The second-order valence-electron chi connectivity index (χ2n) is 8.52. The summed E-state index contributed by atoms with van der Waals surface area (Å²) >= 11 is 0. The summed E-state index contributed by atoms with van der Waals surface area (Å²) in [5, 5.41) is 4.17. The number of fused-ring (bicyclic) bond motifs is 1. The normalized spacial score (nSPS) is 11.8. The molecule has 0 saturated heterocycles. The van der Waals surface area contributed by atoms with E-state index in [2.05, 4.69) is 34.3 Å². The van der Waals surface area contributed by atoms with Gasteiger partial charge in [-0.05, 0) is 56.3 Å². The quantitative estimate of drug-likeness (QED) is 0.309. The summed E-state index contributed by atoms with van der Waals surface area (Å²) in [5.74, 6) is 1.29. The van der Waals surface area contributed by atoms with Crippen molar-refractivity contribution in [1.29, 1.82) is 0 Å². The summed E-state index contributed by atoms with van der Waals surface area (Å²) in [6.07, 6.45) is -1.31. The van der Waals surface area contributed by atoms with Gasteiger partial charge in [-0.1, -0.05) is 43.3 Å². The number of pyridine rings is 1. The zero-order valence-electron chi connectivity index (χ0n) is 19.8. The minimum atomic E-state index is -4.50. The van der Waals surface area contributed by atoms with Crippen LogP contribution in [0.2, 0.25) is 0 Å². The van der Waals surface area contributed by atoms with Crippen molar-refractivity contribution < 1.29 is 13.2 Å². The number of aromatic nitrogens is 3. The summed E-state index contributed by atoms with van der Waals surface area (Å²) in [6, 6.07) is 17.6. The Morgan fingerprint density at radius 3 is 2.51 bits per heavy atom. The molecule has 4 aromatic rings. The Hall–Kier alpha value is -3.52. The highest BCUT2D eigenvalue weighted by Crippen LogP contribution is 2.36. The molecular weight excluding hydrogens is 451 g/mol. The van der Waals surface area contributed by atoms with Gasteiger partial charge in [0.15, 0.2) is 0 Å². The Bertz CT molecular complexity index is 1280. The summed E-state index contributed by atoms with van der Waals surface area (Å²) in [5.41, 5.74) is 1.28. The van der Waals surface area contributed by atoms with E-state index < -0.39 is 11.7 Å². The van der Waals surface area contributed by atoms with Crippen LogP contribution in [0, 0.1) is 0 Å². The van der Waals surface area contributed by atoms with Gasteiger partial charge < -0.3 is 5.32 Å². The lowest BCUT2D eigenvalue weighted by molar-refractivity contribution is -0.137. The van der Waals surface area contributed by atoms with Crippen LogP contribution in [-0.4, -0.2) is 40.0 Å². The molecule has 0 aliphatic heterocycles. The number of hydrogen-bond donors (Lipinski definition) is 1. The lowest BCUT2D eigenvalue weighted by Crippen LogP contribution is -2.20. The molecule has 0 bridgehead atoms. The molecule has 0 amide bonds. The van der Waals surface area contributed by atoms with Gasteiger partial charge in [-0.15, -0.1) is 0 Å². The van der Waals surface area contributed by atoms with Crippen molar-refractivity contribution >= 4 is 16.7 Å². The molecule has 2 aromatic carbocycles. The highest BCUT2D eigenvalue weighted by atomic mass is 19.4. The molecule has 5 nitrogen and oxygen atoms in total. The van der Waals surface area contributed by atoms with Crippen LogP contribution in [0.4, 0.5) is 19.0 Å². The van der Waals surface area contributed by atoms with Crippen LogP contribution in [0.1, 0.15) is 30.3 Å². The molecule has 0 aliphatic rings. The Kier molecular flexibility index (Phi) is 7.60. The molecule has 0 saturated carbocycles. The standard InChI is InChI=1S/C27H28F3N5/c1-3-16-35(2)18-24-33-23-17-20(25-22(27(28,29)30)10-7-14-31-25)11-12-21(23)26(34-24)32-15-13-19-8-5-4-6-9-19/h4-12,14,17H,3,13,15-16,18H2,1-2H3,(H,32,33,34). The van der Waals surface area contributed by atoms with Crippen molar-refractivity contribution in [2.24, 2.45) is 0 Å². The highest BCUT2D eigenvalue weighted by molar-refractivity contribution is 5.92. The topological polar surface area (TPSA) is 53.9 Å². The average molecular weight is 480 g/mol. The van der Waals surface area contributed by atoms with E-state index in [1.807, 2.05) is 25.2 Å². The van der Waals surface area contributed by atoms with Crippen LogP contribution in [-0.2, 0) is 19.1 Å². The van der Waals surface area contributed by atoms with E-state index in [9.17, 15) is 13.2 Å². The van der Waals surface area contributed by atoms with Crippen LogP contribution < -0.4 is 5.32 Å². The first-order valence-electron chi connectivity index (χ1n) is 11.6. The Balaban J connectivity index is 1.71. The number of alkyl halides is 3. The molecule has 0 aliphatic carbocycles. The molecule has 2 aromatic heterocycles. The van der Waals surface area contributed by atoms with Crippen molar-refractivity contribution in [3.05, 3.63) is 83.8 Å². The largest absolute Gasteiger partial charge is 0.418 e. The zero-order valence-corrected chi connectivity index (χ0v) is 19.8. The number of nitrogens with zero attached hydrogens (tertiary/aromatic N) is 4. The molecule has 0 atom stereocenters. The number of anilines is 1. The zero-order chi connectivity index (χ0) is 24.8. The molecule has 4 rings (SSSR count). The van der Waals surface area contributed by atoms with E-state index >= 15 is 0 Å². The van der Waals surface area contributed by atoms with Crippen molar-refractivity contribution in [3.63, 3.8) is 0 Å². The number of nitrogens with one attached hydrogen (secondary N) is 1. The van der Waals surface area contributed by atoms with Gasteiger partial charge in [0, 0.05) is 23.7 Å². The first kappa shape index (κ1) is 24.6. The number of benzene rings is 2. The van der Waals surface area contributed by atoms with E-state index in [0.717, 1.165) is 30.8 Å². The van der Waals surface area contributed by atoms with E-state index in [-0.39, 0.29) is 5.69 Å². The van der Waals surface area contributed by atoms with Crippen LogP contribution in [0.3, 0.4) is 0 Å². The molecule has 8 heteroatoms. The van der Waals surface area contributed by atoms with E-state index in [0.29, 0.717) is 35.8 Å². The highest BCUT2D eigenvalue weighted by Gasteiger charge is 2.34. The van der Waals surface area contributed by atoms with Gasteiger partial charge in [0.2, 0.25) is 0 Å². The number of hydrogen-bond acceptors (Lipinski definition) is 5. The van der Waals surface area contributed by atoms with Gasteiger partial charge in [0.1, 0.15) is 11.6 Å². The van der Waals surface area contributed by atoms with Gasteiger partial charge in [0.05, 0.1) is 23.3 Å². The minimum absolute atomic E-state index is 0.108. The van der Waals surface area contributed by atoms with Gasteiger partial charge in [-0.25, -0.2) is 9.97 Å². The summed E-state index contributed by atoms with van der Waals surface area (Å²) in [7, 11) is 2.00. The summed E-state index contributed by atoms with van der Waals surface area (Å²) in [6.45, 7) is 4.20. The van der Waals surface area contributed by atoms with Crippen LogP contribution >= 0.6 is 0 Å². The lowest BCUT2D eigenvalue weighted by atomic mass is 10.0. The molecule has 0 spiro atoms. The van der Waals surface area contributed by atoms with Crippen LogP contribution in [0.5, 0.6) is 0 Å². The smallest absolute Gasteiger partial charge is 0.369 e. The Labute approximate surface area is 203 Å². The average Bonchev–Trinajstić information content (AvgIpc) is 2.84. The van der Waals surface area contributed by atoms with Gasteiger partial charge in [-0.3, -0.25) is 9.88 Å². The molecule has 1 N–H and O–H groups in total. The van der Waals surface area contributed by atoms with Gasteiger partial charge >= 0.3 is 6.18 Å². The van der Waals surface area contributed by atoms with Crippen molar-refractivity contribution in [2.45, 2.75) is 32.5 Å². The minimum Gasteiger partial charge on any atom is -0.369 e. The first-order chi connectivity index (χ1) is 16.8. The predicted octanol–water partition coefficient (Wildman–Crippen LogP) is 6.21. The monoisotopic (exact) mass is 479 g/mol. The SMILES string of the molecule is CCCN(C)Cc1nc(NCCc2ccccc2)c2ccc(-c3ncccc3C(F)(F)F)cc2n1. The molecule has 182 valence electrons. The summed E-state index contributed by atoms with van der Waals surface area (Å²) in [4.78, 5) is 15.6. The second kappa shape index (κ2) is 10.8. The summed E-state index contributed by atoms with van der Waals surface area (Å²) < 4.78 is 40.8. The molecule has 0 radical (unpaired) electrons. The van der Waals surface area contributed by atoms with E-state index in [1.165, 1.54) is 17.8 Å². The molecular formula is C27H28F3N5. The lowest BCUT2D eigenvalue weighted by Gasteiger charge is -2.17. The van der Waals surface area contributed by atoms with Crippen molar-refractivity contribution in [2.75, 3.05) is 25.5 Å². The second-order valence-corrected chi connectivity index (χ2v) is 8.52. The molecule has 0 fully saturated rings. The predicted molar refractivity (Wildman–Crippen MR) is 133 cm³/mol. The van der Waals surface area contributed by atoms with E-state index in [4.69, 9.17) is 9.97 Å². The molecule has 2 heterocycles. The van der Waals surface area contributed by atoms with Crippen LogP contribution in [0.15, 0.2) is 66.9 Å². The van der Waals surface area contributed by atoms with Crippen molar-refractivity contribution in [1.82, 2.24) is 19.9 Å². The van der Waals surface area contributed by atoms with Gasteiger partial charge in [-0.2, -0.15) is 13.2 Å².